The molecule has 0 spiro atoms. The first kappa shape index (κ1) is 14.1. The number of nitrogens with zero attached hydrogens (tertiary/aromatic N) is 2. The number of hydrogen-bond acceptors (Lipinski definition) is 3. The minimum Gasteiger partial charge on any atom is -0.380 e. The highest BCUT2D eigenvalue weighted by molar-refractivity contribution is 5.59. The van der Waals surface area contributed by atoms with Crippen molar-refractivity contribution in [3.05, 3.63) is 41.7 Å². The Kier molecular flexibility index (Phi) is 4.25. The van der Waals surface area contributed by atoms with Gasteiger partial charge in [-0.2, -0.15) is 0 Å². The van der Waals surface area contributed by atoms with Gasteiger partial charge in [0.05, 0.1) is 12.3 Å². The number of benzene rings is 1. The summed E-state index contributed by atoms with van der Waals surface area (Å²) in [5, 5.41) is 3.50. The largest absolute Gasteiger partial charge is 0.380 e. The fraction of sp³-hybridized carbons (Fsp3) is 0.471. The minimum absolute atomic E-state index is 0.586. The Morgan fingerprint density at radius 1 is 1.29 bits per heavy atom. The molecule has 4 heteroatoms. The lowest BCUT2D eigenvalue weighted by Crippen LogP contribution is -2.09. The Balaban J connectivity index is 1.88. The Hall–Kier alpha value is -1.81. The molecule has 1 aromatic carbocycles. The molecule has 1 aromatic heterocycles. The molecule has 3 rings (SSSR count). The summed E-state index contributed by atoms with van der Waals surface area (Å²) in [5.74, 6) is 0.947. The van der Waals surface area contributed by atoms with E-state index in [4.69, 9.17) is 4.74 Å². The van der Waals surface area contributed by atoms with E-state index in [9.17, 15) is 0 Å². The van der Waals surface area contributed by atoms with Gasteiger partial charge in [0, 0.05) is 30.6 Å². The van der Waals surface area contributed by atoms with Gasteiger partial charge in [0.25, 0.3) is 0 Å². The lowest BCUT2D eigenvalue weighted by molar-refractivity contribution is 0.185. The fourth-order valence-electron chi connectivity index (χ4n) is 3.11. The van der Waals surface area contributed by atoms with E-state index in [0.717, 1.165) is 22.9 Å². The Morgan fingerprint density at radius 3 is 2.81 bits per heavy atom. The van der Waals surface area contributed by atoms with Crippen LogP contribution in [0.2, 0.25) is 0 Å². The third-order valence-electron chi connectivity index (χ3n) is 4.13. The van der Waals surface area contributed by atoms with E-state index in [2.05, 4.69) is 40.1 Å². The first-order valence-corrected chi connectivity index (χ1v) is 7.67. The van der Waals surface area contributed by atoms with Gasteiger partial charge in [-0.3, -0.25) is 0 Å². The molecule has 1 aliphatic carbocycles. The van der Waals surface area contributed by atoms with Crippen LogP contribution in [0.3, 0.4) is 0 Å². The molecule has 21 heavy (non-hydrogen) atoms. The number of ether oxygens (including phenoxy) is 1. The van der Waals surface area contributed by atoms with Crippen molar-refractivity contribution in [2.75, 3.05) is 12.4 Å². The molecule has 1 N–H and O–H groups in total. The zero-order chi connectivity index (χ0) is 14.7. The zero-order valence-electron chi connectivity index (χ0n) is 12.8. The Morgan fingerprint density at radius 2 is 2.05 bits per heavy atom. The van der Waals surface area contributed by atoms with E-state index in [0.29, 0.717) is 12.6 Å². The van der Waals surface area contributed by atoms with Gasteiger partial charge in [-0.15, -0.1) is 0 Å². The predicted octanol–water partition coefficient (Wildman–Crippen LogP) is 4.20. The highest BCUT2D eigenvalue weighted by atomic mass is 16.5. The van der Waals surface area contributed by atoms with Crippen LogP contribution in [-0.4, -0.2) is 16.7 Å². The molecule has 4 nitrogen and oxygen atoms in total. The summed E-state index contributed by atoms with van der Waals surface area (Å²) in [6.45, 7) is 2.66. The van der Waals surface area contributed by atoms with Gasteiger partial charge in [0.2, 0.25) is 5.95 Å². The second-order valence-electron chi connectivity index (χ2n) is 5.77. The van der Waals surface area contributed by atoms with Crippen LogP contribution in [0.4, 0.5) is 11.6 Å². The molecule has 0 saturated heterocycles. The van der Waals surface area contributed by atoms with Crippen LogP contribution in [-0.2, 0) is 11.3 Å². The maximum absolute atomic E-state index is 5.27. The minimum atomic E-state index is 0.586. The zero-order valence-corrected chi connectivity index (χ0v) is 12.8. The van der Waals surface area contributed by atoms with E-state index >= 15 is 0 Å². The molecule has 1 fully saturated rings. The molecule has 0 aliphatic heterocycles. The summed E-state index contributed by atoms with van der Waals surface area (Å²) in [5.41, 5.74) is 3.29. The Labute approximate surface area is 126 Å². The van der Waals surface area contributed by atoms with Crippen LogP contribution in [0.5, 0.6) is 0 Å². The van der Waals surface area contributed by atoms with E-state index in [1.807, 2.05) is 12.1 Å². The molecule has 1 saturated carbocycles. The molecular formula is C17H23N3O. The number of nitrogens with one attached hydrogen (secondary N) is 1. The molecule has 0 atom stereocenters. The molecule has 112 valence electrons. The van der Waals surface area contributed by atoms with Crippen molar-refractivity contribution >= 4 is 11.6 Å². The SMILES string of the molecule is COCc1ccccc1Nc1nc(C)cn1C1CCCC1. The van der Waals surface area contributed by atoms with Crippen LogP contribution < -0.4 is 5.32 Å². The molecule has 2 aromatic rings. The third-order valence-corrected chi connectivity index (χ3v) is 4.13. The quantitative estimate of drug-likeness (QED) is 0.895. The number of para-hydroxylation sites is 1. The van der Waals surface area contributed by atoms with Gasteiger partial charge in [0.1, 0.15) is 0 Å². The van der Waals surface area contributed by atoms with Crippen LogP contribution >= 0.6 is 0 Å². The van der Waals surface area contributed by atoms with Gasteiger partial charge in [-0.1, -0.05) is 31.0 Å². The van der Waals surface area contributed by atoms with Gasteiger partial charge < -0.3 is 14.6 Å². The smallest absolute Gasteiger partial charge is 0.207 e. The summed E-state index contributed by atoms with van der Waals surface area (Å²) in [4.78, 5) is 4.66. The van der Waals surface area contributed by atoms with Crippen molar-refractivity contribution in [3.63, 3.8) is 0 Å². The fourth-order valence-corrected chi connectivity index (χ4v) is 3.11. The molecule has 0 unspecified atom stereocenters. The van der Waals surface area contributed by atoms with E-state index < -0.39 is 0 Å². The average Bonchev–Trinajstić information content (AvgIpc) is 3.11. The van der Waals surface area contributed by atoms with Crippen molar-refractivity contribution in [2.45, 2.75) is 45.3 Å². The van der Waals surface area contributed by atoms with E-state index in [-0.39, 0.29) is 0 Å². The number of aryl methyl sites for hydroxylation is 1. The van der Waals surface area contributed by atoms with Crippen molar-refractivity contribution in [1.82, 2.24) is 9.55 Å². The van der Waals surface area contributed by atoms with Gasteiger partial charge in [-0.05, 0) is 25.8 Å². The summed E-state index contributed by atoms with van der Waals surface area (Å²) >= 11 is 0. The second-order valence-corrected chi connectivity index (χ2v) is 5.77. The highest BCUT2D eigenvalue weighted by Crippen LogP contribution is 2.33. The summed E-state index contributed by atoms with van der Waals surface area (Å²) < 4.78 is 7.59. The van der Waals surface area contributed by atoms with Crippen molar-refractivity contribution in [1.29, 1.82) is 0 Å². The van der Waals surface area contributed by atoms with E-state index in [1.165, 1.54) is 25.7 Å². The van der Waals surface area contributed by atoms with Crippen molar-refractivity contribution in [2.24, 2.45) is 0 Å². The Bertz CT molecular complexity index is 600. The monoisotopic (exact) mass is 285 g/mol. The number of rotatable bonds is 5. The standard InChI is InChI=1S/C17H23N3O/c1-13-11-20(15-8-4-5-9-15)17(18-13)19-16-10-6-3-7-14(16)12-21-2/h3,6-7,10-11,15H,4-5,8-9,12H2,1-2H3,(H,18,19). The lowest BCUT2D eigenvalue weighted by Gasteiger charge is -2.17. The van der Waals surface area contributed by atoms with Crippen LogP contribution in [0.1, 0.15) is 43.0 Å². The van der Waals surface area contributed by atoms with E-state index in [1.54, 1.807) is 7.11 Å². The maximum atomic E-state index is 5.27. The maximum Gasteiger partial charge on any atom is 0.207 e. The molecule has 1 aliphatic rings. The molecule has 0 amide bonds. The summed E-state index contributed by atoms with van der Waals surface area (Å²) in [6.07, 6.45) is 7.31. The van der Waals surface area contributed by atoms with Gasteiger partial charge >= 0.3 is 0 Å². The summed E-state index contributed by atoms with van der Waals surface area (Å²) in [6, 6.07) is 8.83. The first-order valence-electron chi connectivity index (χ1n) is 7.67. The van der Waals surface area contributed by atoms with Gasteiger partial charge in [-0.25, -0.2) is 4.98 Å². The first-order chi connectivity index (χ1) is 10.3. The topological polar surface area (TPSA) is 39.1 Å². The normalized spacial score (nSPS) is 15.5. The molecule has 0 radical (unpaired) electrons. The number of imidazole rings is 1. The van der Waals surface area contributed by atoms with Crippen LogP contribution in [0, 0.1) is 6.92 Å². The number of hydrogen-bond donors (Lipinski definition) is 1. The molecule has 0 bridgehead atoms. The average molecular weight is 285 g/mol. The predicted molar refractivity (Wildman–Crippen MR) is 84.9 cm³/mol. The lowest BCUT2D eigenvalue weighted by atomic mass is 10.2. The second kappa shape index (κ2) is 6.31. The summed E-state index contributed by atoms with van der Waals surface area (Å²) in [7, 11) is 1.72. The molecule has 1 heterocycles. The van der Waals surface area contributed by atoms with Crippen molar-refractivity contribution in [3.8, 4) is 0 Å². The highest BCUT2D eigenvalue weighted by Gasteiger charge is 2.20. The molecular weight excluding hydrogens is 262 g/mol. The van der Waals surface area contributed by atoms with Crippen LogP contribution in [0.25, 0.3) is 0 Å². The number of aromatic nitrogens is 2. The van der Waals surface area contributed by atoms with Gasteiger partial charge in [0.15, 0.2) is 0 Å². The van der Waals surface area contributed by atoms with Crippen LogP contribution in [0.15, 0.2) is 30.5 Å². The number of anilines is 2. The van der Waals surface area contributed by atoms with Crippen molar-refractivity contribution < 1.29 is 4.74 Å². The number of methoxy groups -OCH3 is 1. The third kappa shape index (κ3) is 3.10.